The van der Waals surface area contributed by atoms with E-state index in [4.69, 9.17) is 25.1 Å². The first kappa shape index (κ1) is 20.5. The summed E-state index contributed by atoms with van der Waals surface area (Å²) >= 11 is 0. The topological polar surface area (TPSA) is 102 Å². The molecule has 0 saturated carbocycles. The predicted octanol–water partition coefficient (Wildman–Crippen LogP) is 1.26. The lowest BCUT2D eigenvalue weighted by molar-refractivity contribution is -0.192. The van der Waals surface area contributed by atoms with Crippen molar-refractivity contribution in [1.82, 2.24) is 0 Å². The third kappa shape index (κ3) is 6.43. The molecule has 130 valence electrons. The SMILES string of the molecule is COc1ccc(N(C)C(=O)CN)cc1OC.O=C(O)C(F)(F)F. The lowest BCUT2D eigenvalue weighted by Crippen LogP contribution is -2.32. The number of nitrogens with two attached hydrogens (primary N) is 1. The predicted molar refractivity (Wildman–Crippen MR) is 75.7 cm³/mol. The Labute approximate surface area is 130 Å². The van der Waals surface area contributed by atoms with Crippen molar-refractivity contribution in [2.45, 2.75) is 6.18 Å². The number of benzene rings is 1. The molecule has 7 nitrogen and oxygen atoms in total. The first-order valence-corrected chi connectivity index (χ1v) is 6.07. The average molecular weight is 338 g/mol. The van der Waals surface area contributed by atoms with Crippen molar-refractivity contribution in [1.29, 1.82) is 0 Å². The molecule has 1 amide bonds. The number of hydrogen-bond donors (Lipinski definition) is 2. The van der Waals surface area contributed by atoms with Crippen LogP contribution in [0.25, 0.3) is 0 Å². The maximum atomic E-state index is 11.4. The fraction of sp³-hybridized carbons (Fsp3) is 0.385. The molecule has 0 fully saturated rings. The van der Waals surface area contributed by atoms with Gasteiger partial charge in [-0.05, 0) is 12.1 Å². The molecule has 0 aromatic heterocycles. The quantitative estimate of drug-likeness (QED) is 0.857. The van der Waals surface area contributed by atoms with E-state index in [0.717, 1.165) is 0 Å². The molecule has 0 unspecified atom stereocenters. The molecular weight excluding hydrogens is 321 g/mol. The third-order valence-corrected chi connectivity index (χ3v) is 2.55. The normalized spacial score (nSPS) is 10.2. The highest BCUT2D eigenvalue weighted by Crippen LogP contribution is 2.30. The molecule has 10 heteroatoms. The number of hydrogen-bond acceptors (Lipinski definition) is 5. The molecule has 0 atom stereocenters. The second kappa shape index (κ2) is 8.83. The first-order valence-electron chi connectivity index (χ1n) is 6.07. The second-order valence-corrected chi connectivity index (χ2v) is 4.00. The number of carbonyl (C=O) groups excluding carboxylic acids is 1. The highest BCUT2D eigenvalue weighted by Gasteiger charge is 2.38. The van der Waals surface area contributed by atoms with Gasteiger partial charge in [-0.1, -0.05) is 0 Å². The molecule has 0 aliphatic rings. The number of carbonyl (C=O) groups is 2. The van der Waals surface area contributed by atoms with Crippen LogP contribution in [0.5, 0.6) is 11.5 Å². The number of alkyl halides is 3. The van der Waals surface area contributed by atoms with Crippen molar-refractivity contribution in [3.63, 3.8) is 0 Å². The number of amides is 1. The van der Waals surface area contributed by atoms with E-state index in [9.17, 15) is 18.0 Å². The fourth-order valence-electron chi connectivity index (χ4n) is 1.31. The minimum Gasteiger partial charge on any atom is -0.493 e. The summed E-state index contributed by atoms with van der Waals surface area (Å²) in [6.07, 6.45) is -5.08. The van der Waals surface area contributed by atoms with Gasteiger partial charge in [0.05, 0.1) is 20.8 Å². The molecule has 0 bridgehead atoms. The van der Waals surface area contributed by atoms with Crippen LogP contribution in [-0.4, -0.2) is 51.0 Å². The van der Waals surface area contributed by atoms with Crippen LogP contribution in [0.15, 0.2) is 18.2 Å². The van der Waals surface area contributed by atoms with Crippen LogP contribution in [0, 0.1) is 0 Å². The molecular formula is C13H17F3N2O5. The van der Waals surface area contributed by atoms with Crippen LogP contribution in [-0.2, 0) is 9.59 Å². The summed E-state index contributed by atoms with van der Waals surface area (Å²) in [4.78, 5) is 21.8. The minimum atomic E-state index is -5.08. The number of anilines is 1. The Bertz CT molecular complexity index is 549. The Kier molecular flexibility index (Phi) is 7.88. The second-order valence-electron chi connectivity index (χ2n) is 4.00. The van der Waals surface area contributed by atoms with E-state index in [0.29, 0.717) is 17.2 Å². The van der Waals surface area contributed by atoms with Crippen molar-refractivity contribution in [2.75, 3.05) is 32.7 Å². The van der Waals surface area contributed by atoms with E-state index in [2.05, 4.69) is 0 Å². The lowest BCUT2D eigenvalue weighted by Gasteiger charge is -2.18. The van der Waals surface area contributed by atoms with Crippen LogP contribution < -0.4 is 20.1 Å². The van der Waals surface area contributed by atoms with E-state index in [-0.39, 0.29) is 12.5 Å². The van der Waals surface area contributed by atoms with Gasteiger partial charge in [-0.25, -0.2) is 4.79 Å². The largest absolute Gasteiger partial charge is 0.493 e. The van der Waals surface area contributed by atoms with Gasteiger partial charge in [-0.3, -0.25) is 4.79 Å². The first-order chi connectivity index (χ1) is 10.6. The van der Waals surface area contributed by atoms with Gasteiger partial charge < -0.3 is 25.2 Å². The molecule has 3 N–H and O–H groups in total. The number of nitrogens with zero attached hydrogens (tertiary/aromatic N) is 1. The van der Waals surface area contributed by atoms with Crippen molar-refractivity contribution < 1.29 is 37.3 Å². The van der Waals surface area contributed by atoms with E-state index in [1.165, 1.54) is 4.90 Å². The van der Waals surface area contributed by atoms with Gasteiger partial charge in [-0.15, -0.1) is 0 Å². The number of aliphatic carboxylic acids is 1. The molecule has 0 heterocycles. The number of methoxy groups -OCH3 is 2. The van der Waals surface area contributed by atoms with Gasteiger partial charge in [0, 0.05) is 18.8 Å². The standard InChI is InChI=1S/C11H16N2O3.C2HF3O2/c1-13(11(14)7-12)8-4-5-9(15-2)10(6-8)16-3;3-2(4,5)1(6)7/h4-6H,7,12H2,1-3H3;(H,6,7). The van der Waals surface area contributed by atoms with Gasteiger partial charge in [-0.2, -0.15) is 13.2 Å². The van der Waals surface area contributed by atoms with Crippen LogP contribution in [0.2, 0.25) is 0 Å². The molecule has 1 aromatic rings. The summed E-state index contributed by atoms with van der Waals surface area (Å²) in [6, 6.07) is 5.25. The van der Waals surface area contributed by atoms with E-state index in [1.807, 2.05) is 0 Å². The smallest absolute Gasteiger partial charge is 0.490 e. The van der Waals surface area contributed by atoms with Gasteiger partial charge in [0.1, 0.15) is 0 Å². The summed E-state index contributed by atoms with van der Waals surface area (Å²) in [7, 11) is 4.77. The number of halogens is 3. The van der Waals surface area contributed by atoms with Crippen molar-refractivity contribution in [2.24, 2.45) is 5.73 Å². The zero-order valence-corrected chi connectivity index (χ0v) is 12.7. The molecule has 0 aliphatic carbocycles. The molecule has 0 aliphatic heterocycles. The van der Waals surface area contributed by atoms with Crippen molar-refractivity contribution in [3.8, 4) is 11.5 Å². The fourth-order valence-corrected chi connectivity index (χ4v) is 1.31. The molecule has 0 radical (unpaired) electrons. The summed E-state index contributed by atoms with van der Waals surface area (Å²) < 4.78 is 42.0. The van der Waals surface area contributed by atoms with E-state index < -0.39 is 12.1 Å². The molecule has 0 saturated heterocycles. The Morgan fingerprint density at radius 3 is 2.04 bits per heavy atom. The maximum absolute atomic E-state index is 11.4. The Balaban J connectivity index is 0.000000585. The summed E-state index contributed by atoms with van der Waals surface area (Å²) in [6.45, 7) is -0.0230. The number of carboxylic acids is 1. The molecule has 23 heavy (non-hydrogen) atoms. The van der Waals surface area contributed by atoms with E-state index >= 15 is 0 Å². The number of likely N-dealkylation sites (N-methyl/N-ethyl adjacent to an activating group) is 1. The van der Waals surface area contributed by atoms with Crippen molar-refractivity contribution in [3.05, 3.63) is 18.2 Å². The van der Waals surface area contributed by atoms with Crippen LogP contribution in [0.4, 0.5) is 18.9 Å². The van der Waals surface area contributed by atoms with Gasteiger partial charge in [0.2, 0.25) is 5.91 Å². The van der Waals surface area contributed by atoms with Gasteiger partial charge in [0.15, 0.2) is 11.5 Å². The molecule has 1 rings (SSSR count). The van der Waals surface area contributed by atoms with Crippen LogP contribution >= 0.6 is 0 Å². The Hall–Kier alpha value is -2.49. The Morgan fingerprint density at radius 1 is 1.22 bits per heavy atom. The van der Waals surface area contributed by atoms with Gasteiger partial charge >= 0.3 is 12.1 Å². The summed E-state index contributed by atoms with van der Waals surface area (Å²) in [5, 5.41) is 7.12. The van der Waals surface area contributed by atoms with E-state index in [1.54, 1.807) is 39.5 Å². The minimum absolute atomic E-state index is 0.0230. The van der Waals surface area contributed by atoms with Crippen molar-refractivity contribution >= 4 is 17.6 Å². The lowest BCUT2D eigenvalue weighted by atomic mass is 10.2. The average Bonchev–Trinajstić information content (AvgIpc) is 2.52. The van der Waals surface area contributed by atoms with Gasteiger partial charge in [0.25, 0.3) is 0 Å². The summed E-state index contributed by atoms with van der Waals surface area (Å²) in [5.41, 5.74) is 6.01. The zero-order valence-electron chi connectivity index (χ0n) is 12.7. The highest BCUT2D eigenvalue weighted by atomic mass is 19.4. The number of carboxylic acid groups (broad SMARTS) is 1. The van der Waals surface area contributed by atoms with Crippen LogP contribution in [0.3, 0.4) is 0 Å². The molecule has 1 aromatic carbocycles. The number of ether oxygens (including phenoxy) is 2. The zero-order chi connectivity index (χ0) is 18.2. The van der Waals surface area contributed by atoms with Crippen LogP contribution in [0.1, 0.15) is 0 Å². The monoisotopic (exact) mass is 338 g/mol. The molecule has 0 spiro atoms. The summed E-state index contributed by atoms with van der Waals surface area (Å²) in [5.74, 6) is -1.71. The Morgan fingerprint density at radius 2 is 1.70 bits per heavy atom. The third-order valence-electron chi connectivity index (χ3n) is 2.55. The maximum Gasteiger partial charge on any atom is 0.490 e. The highest BCUT2D eigenvalue weighted by molar-refractivity contribution is 5.94. The number of rotatable bonds is 4.